The molecule has 10 nitrogen and oxygen atoms in total. The van der Waals surface area contributed by atoms with Crippen molar-refractivity contribution in [2.45, 2.75) is 57.0 Å². The molecular weight excluding hydrogens is 687 g/mol. The minimum absolute atomic E-state index is 0.227. The predicted octanol–water partition coefficient (Wildman–Crippen LogP) is 5.97. The molecule has 276 valence electrons. The first kappa shape index (κ1) is 38.3. The van der Waals surface area contributed by atoms with Crippen LogP contribution in [0.15, 0.2) is 109 Å². The van der Waals surface area contributed by atoms with Crippen molar-refractivity contribution in [3.8, 4) is 11.1 Å². The molecule has 6 N–H and O–H groups in total. The van der Waals surface area contributed by atoms with Crippen LogP contribution in [0.5, 0.6) is 0 Å². The number of carbonyl (C=O) groups is 4. The maximum Gasteiger partial charge on any atom is 0.490 e. The molecule has 2 heterocycles. The van der Waals surface area contributed by atoms with E-state index in [2.05, 4.69) is 15.6 Å². The molecule has 2 atom stereocenters. The summed E-state index contributed by atoms with van der Waals surface area (Å²) in [5, 5.41) is 14.2. The molecule has 0 fully saturated rings. The lowest BCUT2D eigenvalue weighted by Crippen LogP contribution is -2.55. The topological polar surface area (TPSA) is 158 Å². The van der Waals surface area contributed by atoms with Gasteiger partial charge >= 0.3 is 12.1 Å². The number of aromatic amines is 1. The van der Waals surface area contributed by atoms with E-state index in [1.165, 1.54) is 0 Å². The molecule has 0 saturated heterocycles. The number of H-pyrrole nitrogens is 1. The molecule has 1 aliphatic rings. The van der Waals surface area contributed by atoms with Crippen molar-refractivity contribution < 1.29 is 37.5 Å². The second-order valence-electron chi connectivity index (χ2n) is 12.6. The van der Waals surface area contributed by atoms with Gasteiger partial charge in [-0.05, 0) is 66.3 Å². The third kappa shape index (κ3) is 9.89. The number of rotatable bonds is 11. The van der Waals surface area contributed by atoms with Crippen molar-refractivity contribution >= 4 is 34.6 Å². The van der Waals surface area contributed by atoms with Gasteiger partial charge in [0.2, 0.25) is 11.8 Å². The summed E-state index contributed by atoms with van der Waals surface area (Å²) in [5.74, 6) is -3.60. The number of fused-ring (bicyclic) bond motifs is 3. The van der Waals surface area contributed by atoms with E-state index in [1.807, 2.05) is 97.1 Å². The summed E-state index contributed by atoms with van der Waals surface area (Å²) in [5.41, 5.74) is 12.1. The van der Waals surface area contributed by atoms with Crippen molar-refractivity contribution in [2.75, 3.05) is 6.54 Å². The highest BCUT2D eigenvalue weighted by atomic mass is 19.4. The Balaban J connectivity index is 0.000000705. The monoisotopic (exact) mass is 727 g/mol. The lowest BCUT2D eigenvalue weighted by molar-refractivity contribution is -0.192. The van der Waals surface area contributed by atoms with Gasteiger partial charge in [0.25, 0.3) is 5.91 Å². The first-order chi connectivity index (χ1) is 25.5. The van der Waals surface area contributed by atoms with E-state index in [-0.39, 0.29) is 24.3 Å². The summed E-state index contributed by atoms with van der Waals surface area (Å²) in [6, 6.07) is 33.4. The van der Waals surface area contributed by atoms with Crippen LogP contribution in [0.4, 0.5) is 13.2 Å². The number of aliphatic carboxylic acids is 1. The smallest absolute Gasteiger partial charge is 0.475 e. The van der Waals surface area contributed by atoms with Gasteiger partial charge in [0.05, 0.1) is 6.54 Å². The van der Waals surface area contributed by atoms with Crippen molar-refractivity contribution in [1.29, 1.82) is 0 Å². The summed E-state index contributed by atoms with van der Waals surface area (Å²) < 4.78 is 31.7. The summed E-state index contributed by atoms with van der Waals surface area (Å²) in [4.78, 5) is 55.9. The number of carbonyl (C=O) groups excluding carboxylic acids is 3. The van der Waals surface area contributed by atoms with E-state index in [0.717, 1.165) is 45.3 Å². The minimum Gasteiger partial charge on any atom is -0.475 e. The first-order valence-corrected chi connectivity index (χ1v) is 17.1. The number of amides is 3. The third-order valence-corrected chi connectivity index (χ3v) is 8.94. The van der Waals surface area contributed by atoms with E-state index in [4.69, 9.17) is 15.6 Å². The Morgan fingerprint density at radius 1 is 0.868 bits per heavy atom. The molecule has 3 amide bonds. The molecule has 0 spiro atoms. The fraction of sp³-hybridized carbons (Fsp3) is 0.250. The summed E-state index contributed by atoms with van der Waals surface area (Å²) in [6.07, 6.45) is -2.89. The summed E-state index contributed by atoms with van der Waals surface area (Å²) >= 11 is 0. The average molecular weight is 728 g/mol. The predicted molar refractivity (Wildman–Crippen MR) is 194 cm³/mol. The number of benzene rings is 4. The van der Waals surface area contributed by atoms with Gasteiger partial charge < -0.3 is 31.4 Å². The number of para-hydroxylation sites is 1. The van der Waals surface area contributed by atoms with Gasteiger partial charge in [-0.25, -0.2) is 4.79 Å². The number of unbranched alkanes of at least 4 members (excludes halogenated alkanes) is 1. The number of nitrogens with one attached hydrogen (secondary N) is 3. The lowest BCUT2D eigenvalue weighted by atomic mass is 10.0. The van der Waals surface area contributed by atoms with E-state index in [0.29, 0.717) is 37.9 Å². The molecule has 0 unspecified atom stereocenters. The van der Waals surface area contributed by atoms with Crippen LogP contribution < -0.4 is 16.4 Å². The zero-order chi connectivity index (χ0) is 38.0. The third-order valence-electron chi connectivity index (χ3n) is 8.94. The normalized spacial score (nSPS) is 14.7. The fourth-order valence-corrected chi connectivity index (χ4v) is 6.24. The van der Waals surface area contributed by atoms with Crippen LogP contribution in [0.2, 0.25) is 0 Å². The number of carboxylic acids is 1. The molecule has 0 saturated carbocycles. The number of carboxylic acid groups (broad SMARTS) is 1. The molecular formula is C40H40F3N5O5. The number of nitrogens with zero attached hydrogens (tertiary/aromatic N) is 1. The van der Waals surface area contributed by atoms with E-state index >= 15 is 0 Å². The minimum atomic E-state index is -5.08. The highest BCUT2D eigenvalue weighted by molar-refractivity contribution is 5.99. The molecule has 0 aliphatic carbocycles. The van der Waals surface area contributed by atoms with Gasteiger partial charge in [-0.3, -0.25) is 14.4 Å². The number of hydrogen-bond acceptors (Lipinski definition) is 5. The van der Waals surface area contributed by atoms with Crippen LogP contribution in [-0.4, -0.2) is 63.5 Å². The van der Waals surface area contributed by atoms with Crippen LogP contribution in [0.3, 0.4) is 0 Å². The maximum absolute atomic E-state index is 14.4. The molecule has 53 heavy (non-hydrogen) atoms. The number of nitrogens with two attached hydrogens (primary N) is 1. The highest BCUT2D eigenvalue weighted by Gasteiger charge is 2.39. The van der Waals surface area contributed by atoms with Crippen molar-refractivity contribution in [1.82, 2.24) is 20.5 Å². The molecule has 1 aliphatic heterocycles. The average Bonchev–Trinajstić information content (AvgIpc) is 3.45. The maximum atomic E-state index is 14.4. The SMILES string of the molecule is NCCCC[C@@H](C(=O)NCc1ccccc1)N1Cc2[nH]c3ccccc3c2C[C@@H](NC(=O)c2ccc(-c3ccccc3)cc2)C1=O.O=C(O)C(F)(F)F. The Bertz CT molecular complexity index is 2020. The van der Waals surface area contributed by atoms with Crippen molar-refractivity contribution in [3.63, 3.8) is 0 Å². The van der Waals surface area contributed by atoms with Crippen molar-refractivity contribution in [3.05, 3.63) is 132 Å². The Kier molecular flexibility index (Phi) is 12.7. The van der Waals surface area contributed by atoms with E-state index < -0.39 is 24.2 Å². The van der Waals surface area contributed by atoms with Crippen LogP contribution in [0.25, 0.3) is 22.0 Å². The second kappa shape index (κ2) is 17.5. The zero-order valence-electron chi connectivity index (χ0n) is 28.7. The van der Waals surface area contributed by atoms with Crippen LogP contribution >= 0.6 is 0 Å². The largest absolute Gasteiger partial charge is 0.490 e. The molecule has 4 aromatic carbocycles. The van der Waals surface area contributed by atoms with Crippen LogP contribution in [0.1, 0.15) is 46.4 Å². The zero-order valence-corrected chi connectivity index (χ0v) is 28.7. The van der Waals surface area contributed by atoms with Crippen molar-refractivity contribution in [2.24, 2.45) is 5.73 Å². The molecule has 0 radical (unpaired) electrons. The highest BCUT2D eigenvalue weighted by Crippen LogP contribution is 2.30. The molecule has 5 aromatic rings. The van der Waals surface area contributed by atoms with Gasteiger partial charge in [-0.15, -0.1) is 0 Å². The Labute approximate surface area is 304 Å². The van der Waals surface area contributed by atoms with E-state index in [1.54, 1.807) is 17.0 Å². The standard InChI is InChI=1S/C38H39N5O3.C2HF3O2/c39-22-10-9-17-35(37(45)40-24-26-11-3-1-4-12-26)43-25-34-31(30-15-7-8-16-32(30)41-34)23-33(38(43)46)42-36(44)29-20-18-28(19-21-29)27-13-5-2-6-14-27;3-2(4,5)1(6)7/h1-8,11-16,18-21,33,35,41H,9-10,17,22-25,39H2,(H,40,45)(H,42,44);(H,6,7)/t33-,35+;/m1./s1. The summed E-state index contributed by atoms with van der Waals surface area (Å²) in [7, 11) is 0. The molecule has 13 heteroatoms. The Morgan fingerprint density at radius 3 is 2.11 bits per heavy atom. The second-order valence-corrected chi connectivity index (χ2v) is 12.6. The van der Waals surface area contributed by atoms with Gasteiger partial charge in [0.1, 0.15) is 12.1 Å². The van der Waals surface area contributed by atoms with Gasteiger partial charge in [0, 0.05) is 35.1 Å². The lowest BCUT2D eigenvalue weighted by Gasteiger charge is -2.32. The van der Waals surface area contributed by atoms with Crippen LogP contribution in [0, 0.1) is 0 Å². The molecule has 0 bridgehead atoms. The summed E-state index contributed by atoms with van der Waals surface area (Å²) in [6.45, 7) is 1.08. The molecule has 1 aromatic heterocycles. The fourth-order valence-electron chi connectivity index (χ4n) is 6.24. The Morgan fingerprint density at radius 2 is 1.47 bits per heavy atom. The quantitative estimate of drug-likeness (QED) is 0.106. The Hall–Kier alpha value is -5.95. The first-order valence-electron chi connectivity index (χ1n) is 17.1. The van der Waals surface area contributed by atoms with Gasteiger partial charge in [-0.1, -0.05) is 91.0 Å². The number of aromatic nitrogens is 1. The number of alkyl halides is 3. The van der Waals surface area contributed by atoms with Gasteiger partial charge in [-0.2, -0.15) is 13.2 Å². The molecule has 6 rings (SSSR count). The van der Waals surface area contributed by atoms with Gasteiger partial charge in [0.15, 0.2) is 0 Å². The number of hydrogen-bond donors (Lipinski definition) is 5. The van der Waals surface area contributed by atoms with E-state index in [9.17, 15) is 27.6 Å². The number of halogens is 3. The van der Waals surface area contributed by atoms with Crippen LogP contribution in [-0.2, 0) is 33.9 Å².